The third-order valence-corrected chi connectivity index (χ3v) is 3.02. The minimum absolute atomic E-state index is 0.00602. The van der Waals surface area contributed by atoms with Crippen LogP contribution in [0.25, 0.3) is 10.1 Å². The second-order valence-electron chi connectivity index (χ2n) is 2.84. The van der Waals surface area contributed by atoms with Crippen LogP contribution >= 0.6 is 11.3 Å². The zero-order valence-electron chi connectivity index (χ0n) is 6.96. The first-order valence-electron chi connectivity index (χ1n) is 4.08. The largest absolute Gasteiger partial charge is 0.396 e. The van der Waals surface area contributed by atoms with E-state index >= 15 is 0 Å². The first-order valence-corrected chi connectivity index (χ1v) is 4.96. The molecule has 0 fully saturated rings. The van der Waals surface area contributed by atoms with Gasteiger partial charge < -0.3 is 5.11 Å². The maximum atomic E-state index is 13.3. The third kappa shape index (κ3) is 1.45. The molecule has 0 saturated carbocycles. The van der Waals surface area contributed by atoms with Gasteiger partial charge in [-0.1, -0.05) is 6.07 Å². The molecule has 2 rings (SSSR count). The van der Waals surface area contributed by atoms with Gasteiger partial charge in [0.05, 0.1) is 0 Å². The zero-order valence-corrected chi connectivity index (χ0v) is 7.77. The van der Waals surface area contributed by atoms with Crippen LogP contribution in [0.2, 0.25) is 0 Å². The molecule has 0 bridgehead atoms. The summed E-state index contributed by atoms with van der Waals surface area (Å²) in [5.74, 6) is -0.219. The third-order valence-electron chi connectivity index (χ3n) is 2.03. The van der Waals surface area contributed by atoms with Crippen molar-refractivity contribution in [2.24, 2.45) is 0 Å². The Morgan fingerprint density at radius 1 is 1.31 bits per heavy atom. The minimum Gasteiger partial charge on any atom is -0.396 e. The molecule has 1 N–H and O–H groups in total. The van der Waals surface area contributed by atoms with E-state index in [1.165, 1.54) is 17.4 Å². The van der Waals surface area contributed by atoms with Crippen molar-refractivity contribution in [1.82, 2.24) is 0 Å². The molecule has 0 radical (unpaired) electrons. The van der Waals surface area contributed by atoms with Gasteiger partial charge in [-0.3, -0.25) is 0 Å². The van der Waals surface area contributed by atoms with E-state index in [4.69, 9.17) is 5.11 Å². The van der Waals surface area contributed by atoms with E-state index in [0.717, 1.165) is 10.1 Å². The van der Waals surface area contributed by atoms with Gasteiger partial charge in [-0.05, 0) is 29.3 Å². The summed E-state index contributed by atoms with van der Waals surface area (Å²) in [7, 11) is 0. The zero-order chi connectivity index (χ0) is 9.26. The topological polar surface area (TPSA) is 20.2 Å². The van der Waals surface area contributed by atoms with Crippen LogP contribution in [0, 0.1) is 5.82 Å². The fraction of sp³-hybridized carbons (Fsp3) is 0.200. The van der Waals surface area contributed by atoms with E-state index in [-0.39, 0.29) is 12.4 Å². The van der Waals surface area contributed by atoms with Crippen molar-refractivity contribution >= 4 is 21.4 Å². The second kappa shape index (κ2) is 3.44. The second-order valence-corrected chi connectivity index (χ2v) is 3.75. The van der Waals surface area contributed by atoms with Crippen molar-refractivity contribution < 1.29 is 9.50 Å². The van der Waals surface area contributed by atoms with Gasteiger partial charge in [0.25, 0.3) is 0 Å². The van der Waals surface area contributed by atoms with Crippen LogP contribution in [0.15, 0.2) is 23.6 Å². The summed E-state index contributed by atoms with van der Waals surface area (Å²) >= 11 is 1.52. The smallest absolute Gasteiger partial charge is 0.127 e. The average molecular weight is 196 g/mol. The minimum atomic E-state index is -0.219. The summed E-state index contributed by atoms with van der Waals surface area (Å²) in [6.07, 6.45) is 0.393. The summed E-state index contributed by atoms with van der Waals surface area (Å²) < 4.78 is 14.2. The lowest BCUT2D eigenvalue weighted by Gasteiger charge is -2.01. The van der Waals surface area contributed by atoms with Gasteiger partial charge >= 0.3 is 0 Å². The number of aliphatic hydroxyl groups excluding tert-OH is 1. The Balaban J connectivity index is 2.66. The summed E-state index contributed by atoms with van der Waals surface area (Å²) in [4.78, 5) is 0. The van der Waals surface area contributed by atoms with Crippen LogP contribution in [0.3, 0.4) is 0 Å². The molecule has 0 amide bonds. The molecule has 0 atom stereocenters. The molecule has 13 heavy (non-hydrogen) atoms. The van der Waals surface area contributed by atoms with Gasteiger partial charge in [0.1, 0.15) is 5.82 Å². The van der Waals surface area contributed by atoms with Crippen LogP contribution in [-0.2, 0) is 6.42 Å². The molecule has 0 aliphatic heterocycles. The van der Waals surface area contributed by atoms with Crippen LogP contribution in [-0.4, -0.2) is 11.7 Å². The molecule has 0 saturated heterocycles. The van der Waals surface area contributed by atoms with Crippen LogP contribution in [0.1, 0.15) is 5.56 Å². The monoisotopic (exact) mass is 196 g/mol. The number of aliphatic hydroxyl groups is 1. The normalized spacial score (nSPS) is 10.9. The SMILES string of the molecule is OCCc1c(F)ccc2ccsc12. The van der Waals surface area contributed by atoms with Crippen molar-refractivity contribution in [2.45, 2.75) is 6.42 Å². The molecule has 1 aromatic carbocycles. The molecule has 0 spiro atoms. The molecule has 1 nitrogen and oxygen atoms in total. The van der Waals surface area contributed by atoms with E-state index in [1.54, 1.807) is 6.07 Å². The predicted octanol–water partition coefficient (Wildman–Crippen LogP) is 2.58. The summed E-state index contributed by atoms with van der Waals surface area (Å²) in [5.41, 5.74) is 0.634. The average Bonchev–Trinajstić information content (AvgIpc) is 2.58. The van der Waals surface area contributed by atoms with Crippen LogP contribution in [0.4, 0.5) is 4.39 Å². The molecule has 1 aromatic heterocycles. The highest BCUT2D eigenvalue weighted by Gasteiger charge is 2.07. The number of hydrogen-bond acceptors (Lipinski definition) is 2. The van der Waals surface area contributed by atoms with E-state index in [9.17, 15) is 4.39 Å². The standard InChI is InChI=1S/C10H9FOS/c11-9-2-1-7-4-6-13-10(7)8(9)3-5-12/h1-2,4,6,12H,3,5H2. The Hall–Kier alpha value is -0.930. The Kier molecular flexibility index (Phi) is 2.29. The van der Waals surface area contributed by atoms with Crippen molar-refractivity contribution in [1.29, 1.82) is 0 Å². The molecular formula is C10H9FOS. The Morgan fingerprint density at radius 3 is 2.92 bits per heavy atom. The van der Waals surface area contributed by atoms with Gasteiger partial charge in [0, 0.05) is 16.9 Å². The molecule has 68 valence electrons. The highest BCUT2D eigenvalue weighted by molar-refractivity contribution is 7.17. The Labute approximate surface area is 79.4 Å². The lowest BCUT2D eigenvalue weighted by Crippen LogP contribution is -1.94. The van der Waals surface area contributed by atoms with E-state index in [0.29, 0.717) is 12.0 Å². The molecule has 3 heteroatoms. The number of thiophene rings is 1. The van der Waals surface area contributed by atoms with Gasteiger partial charge in [0.2, 0.25) is 0 Å². The number of hydrogen-bond donors (Lipinski definition) is 1. The van der Waals surface area contributed by atoms with Gasteiger partial charge in [-0.2, -0.15) is 0 Å². The molecule has 0 unspecified atom stereocenters. The van der Waals surface area contributed by atoms with E-state index < -0.39 is 0 Å². The first-order chi connectivity index (χ1) is 6.33. The highest BCUT2D eigenvalue weighted by Crippen LogP contribution is 2.27. The van der Waals surface area contributed by atoms with E-state index in [2.05, 4.69) is 0 Å². The van der Waals surface area contributed by atoms with Crippen molar-refractivity contribution in [2.75, 3.05) is 6.61 Å². The van der Waals surface area contributed by atoms with Gasteiger partial charge in [-0.25, -0.2) is 4.39 Å². The lowest BCUT2D eigenvalue weighted by atomic mass is 10.1. The molecule has 1 heterocycles. The Bertz CT molecular complexity index is 422. The number of benzene rings is 1. The van der Waals surface area contributed by atoms with E-state index in [1.807, 2.05) is 11.4 Å². The van der Waals surface area contributed by atoms with Crippen molar-refractivity contribution in [3.8, 4) is 0 Å². The maximum Gasteiger partial charge on any atom is 0.127 e. The fourth-order valence-corrected chi connectivity index (χ4v) is 2.38. The summed E-state index contributed by atoms with van der Waals surface area (Å²) in [6.45, 7) is -0.00602. The Morgan fingerprint density at radius 2 is 2.15 bits per heavy atom. The number of halogens is 1. The number of rotatable bonds is 2. The van der Waals surface area contributed by atoms with Gasteiger partial charge in [-0.15, -0.1) is 11.3 Å². The van der Waals surface area contributed by atoms with Gasteiger partial charge in [0.15, 0.2) is 0 Å². The summed E-state index contributed by atoms with van der Waals surface area (Å²) in [6, 6.07) is 5.18. The fourth-order valence-electron chi connectivity index (χ4n) is 1.41. The molecule has 2 aromatic rings. The van der Waals surface area contributed by atoms with Crippen LogP contribution in [0.5, 0.6) is 0 Å². The van der Waals surface area contributed by atoms with Crippen molar-refractivity contribution in [3.05, 3.63) is 35.0 Å². The molecule has 0 aliphatic carbocycles. The predicted molar refractivity (Wildman–Crippen MR) is 52.6 cm³/mol. The summed E-state index contributed by atoms with van der Waals surface area (Å²) in [5, 5.41) is 11.8. The molecule has 0 aliphatic rings. The first kappa shape index (κ1) is 8.66. The molecular weight excluding hydrogens is 187 g/mol. The quantitative estimate of drug-likeness (QED) is 0.782. The maximum absolute atomic E-state index is 13.3. The van der Waals surface area contributed by atoms with Crippen molar-refractivity contribution in [3.63, 3.8) is 0 Å². The number of fused-ring (bicyclic) bond motifs is 1. The van der Waals surface area contributed by atoms with Crippen LogP contribution < -0.4 is 0 Å². The lowest BCUT2D eigenvalue weighted by molar-refractivity contribution is 0.298. The highest BCUT2D eigenvalue weighted by atomic mass is 32.1.